The molecule has 0 radical (unpaired) electrons. The summed E-state index contributed by atoms with van der Waals surface area (Å²) in [6, 6.07) is 14.6. The first-order valence-corrected chi connectivity index (χ1v) is 8.26. The third-order valence-electron chi connectivity index (χ3n) is 3.94. The van der Waals surface area contributed by atoms with Crippen molar-refractivity contribution in [1.82, 2.24) is 5.32 Å². The van der Waals surface area contributed by atoms with Gasteiger partial charge in [-0.1, -0.05) is 37.3 Å². The SMILES string of the molecule is COc1ccc(C(=O)OCC(=O)NC[C@H](C)c2ccccc2)c(OC)c1. The lowest BCUT2D eigenvalue weighted by Crippen LogP contribution is -2.31. The second-order valence-electron chi connectivity index (χ2n) is 5.76. The number of esters is 1. The van der Waals surface area contributed by atoms with Crippen LogP contribution in [0.1, 0.15) is 28.8 Å². The van der Waals surface area contributed by atoms with Gasteiger partial charge in [-0.05, 0) is 23.6 Å². The summed E-state index contributed by atoms with van der Waals surface area (Å²) >= 11 is 0. The van der Waals surface area contributed by atoms with Crippen LogP contribution in [0.3, 0.4) is 0 Å². The molecule has 0 spiro atoms. The smallest absolute Gasteiger partial charge is 0.342 e. The van der Waals surface area contributed by atoms with Crippen LogP contribution in [0.4, 0.5) is 0 Å². The number of ether oxygens (including phenoxy) is 3. The van der Waals surface area contributed by atoms with Gasteiger partial charge < -0.3 is 19.5 Å². The van der Waals surface area contributed by atoms with Gasteiger partial charge in [0.15, 0.2) is 6.61 Å². The molecular weight excluding hydrogens is 334 g/mol. The molecule has 2 aromatic carbocycles. The van der Waals surface area contributed by atoms with Crippen LogP contribution in [0.15, 0.2) is 48.5 Å². The van der Waals surface area contributed by atoms with Crippen molar-refractivity contribution in [2.75, 3.05) is 27.4 Å². The third kappa shape index (κ3) is 5.24. The second-order valence-corrected chi connectivity index (χ2v) is 5.76. The van der Waals surface area contributed by atoms with Crippen LogP contribution in [0.25, 0.3) is 0 Å². The van der Waals surface area contributed by atoms with Crippen LogP contribution in [-0.2, 0) is 9.53 Å². The number of nitrogens with one attached hydrogen (secondary N) is 1. The van der Waals surface area contributed by atoms with Crippen molar-refractivity contribution in [2.24, 2.45) is 0 Å². The molecule has 0 aromatic heterocycles. The summed E-state index contributed by atoms with van der Waals surface area (Å²) in [7, 11) is 2.97. The van der Waals surface area contributed by atoms with Gasteiger partial charge >= 0.3 is 5.97 Å². The number of carbonyl (C=O) groups excluding carboxylic acids is 2. The largest absolute Gasteiger partial charge is 0.497 e. The molecule has 0 aliphatic rings. The van der Waals surface area contributed by atoms with Gasteiger partial charge in [-0.2, -0.15) is 0 Å². The van der Waals surface area contributed by atoms with E-state index in [9.17, 15) is 9.59 Å². The molecule has 1 amide bonds. The number of hydrogen-bond donors (Lipinski definition) is 1. The average Bonchev–Trinajstić information content (AvgIpc) is 2.70. The van der Waals surface area contributed by atoms with Gasteiger partial charge in [-0.15, -0.1) is 0 Å². The van der Waals surface area contributed by atoms with Crippen LogP contribution in [0.5, 0.6) is 11.5 Å². The number of rotatable bonds is 8. The maximum atomic E-state index is 12.2. The predicted octanol–water partition coefficient (Wildman–Crippen LogP) is 2.78. The summed E-state index contributed by atoms with van der Waals surface area (Å²) in [5, 5.41) is 2.77. The Morgan fingerprint density at radius 3 is 2.42 bits per heavy atom. The van der Waals surface area contributed by atoms with E-state index in [1.807, 2.05) is 37.3 Å². The van der Waals surface area contributed by atoms with Gasteiger partial charge in [0.25, 0.3) is 5.91 Å². The Hall–Kier alpha value is -3.02. The summed E-state index contributed by atoms with van der Waals surface area (Å²) in [6.45, 7) is 2.13. The van der Waals surface area contributed by atoms with Gasteiger partial charge in [0.1, 0.15) is 17.1 Å². The standard InChI is InChI=1S/C20H23NO5/c1-14(15-7-5-4-6-8-15)12-21-19(22)13-26-20(23)17-10-9-16(24-2)11-18(17)25-3/h4-11,14H,12-13H2,1-3H3,(H,21,22)/t14-/m0/s1. The van der Waals surface area contributed by atoms with E-state index in [-0.39, 0.29) is 24.0 Å². The molecule has 1 atom stereocenters. The fourth-order valence-electron chi connectivity index (χ4n) is 2.39. The molecule has 2 aromatic rings. The van der Waals surface area contributed by atoms with Crippen LogP contribution in [-0.4, -0.2) is 39.2 Å². The Labute approximate surface area is 153 Å². The van der Waals surface area contributed by atoms with Gasteiger partial charge in [0, 0.05) is 12.6 Å². The number of benzene rings is 2. The molecule has 0 saturated heterocycles. The number of hydrogen-bond acceptors (Lipinski definition) is 5. The Kier molecular flexibility index (Phi) is 7.02. The lowest BCUT2D eigenvalue weighted by atomic mass is 10.0. The van der Waals surface area contributed by atoms with E-state index < -0.39 is 5.97 Å². The Bertz CT molecular complexity index is 745. The molecule has 0 aliphatic heterocycles. The van der Waals surface area contributed by atoms with E-state index >= 15 is 0 Å². The summed E-state index contributed by atoms with van der Waals surface area (Å²) in [5.74, 6) is 0.0698. The molecule has 6 heteroatoms. The minimum absolute atomic E-state index is 0.164. The highest BCUT2D eigenvalue weighted by Gasteiger charge is 2.16. The molecule has 26 heavy (non-hydrogen) atoms. The molecule has 0 heterocycles. The van der Waals surface area contributed by atoms with Crippen LogP contribution >= 0.6 is 0 Å². The van der Waals surface area contributed by atoms with Crippen molar-refractivity contribution in [1.29, 1.82) is 0 Å². The maximum Gasteiger partial charge on any atom is 0.342 e. The lowest BCUT2D eigenvalue weighted by Gasteiger charge is -2.13. The molecule has 2 rings (SSSR count). The minimum Gasteiger partial charge on any atom is -0.497 e. The van der Waals surface area contributed by atoms with Crippen molar-refractivity contribution >= 4 is 11.9 Å². The summed E-state index contributed by atoms with van der Waals surface area (Å²) in [6.07, 6.45) is 0. The topological polar surface area (TPSA) is 73.9 Å². The predicted molar refractivity (Wildman–Crippen MR) is 97.7 cm³/mol. The van der Waals surface area contributed by atoms with Gasteiger partial charge in [-0.3, -0.25) is 4.79 Å². The zero-order valence-corrected chi connectivity index (χ0v) is 15.2. The van der Waals surface area contributed by atoms with Crippen LogP contribution in [0, 0.1) is 0 Å². The zero-order valence-electron chi connectivity index (χ0n) is 15.2. The normalized spacial score (nSPS) is 11.3. The van der Waals surface area contributed by atoms with Gasteiger partial charge in [-0.25, -0.2) is 4.79 Å². The average molecular weight is 357 g/mol. The fraction of sp³-hybridized carbons (Fsp3) is 0.300. The van der Waals surface area contributed by atoms with Crippen molar-refractivity contribution in [3.8, 4) is 11.5 Å². The summed E-state index contributed by atoms with van der Waals surface area (Å²) in [5.41, 5.74) is 1.37. The first kappa shape index (κ1) is 19.3. The highest BCUT2D eigenvalue weighted by molar-refractivity contribution is 5.94. The molecule has 0 aliphatic carbocycles. The van der Waals surface area contributed by atoms with Gasteiger partial charge in [0.05, 0.1) is 14.2 Å². The fourth-order valence-corrected chi connectivity index (χ4v) is 2.39. The van der Waals surface area contributed by atoms with Crippen molar-refractivity contribution in [3.63, 3.8) is 0 Å². The van der Waals surface area contributed by atoms with Crippen LogP contribution < -0.4 is 14.8 Å². The molecule has 0 unspecified atom stereocenters. The molecular formula is C20H23NO5. The van der Waals surface area contributed by atoms with E-state index in [1.54, 1.807) is 12.1 Å². The highest BCUT2D eigenvalue weighted by atomic mass is 16.5. The molecule has 138 valence electrons. The molecule has 0 saturated carbocycles. The molecule has 0 bridgehead atoms. The monoisotopic (exact) mass is 357 g/mol. The van der Waals surface area contributed by atoms with Crippen LogP contribution in [0.2, 0.25) is 0 Å². The first-order chi connectivity index (χ1) is 12.5. The van der Waals surface area contributed by atoms with Gasteiger partial charge in [0.2, 0.25) is 0 Å². The van der Waals surface area contributed by atoms with Crippen molar-refractivity contribution in [3.05, 3.63) is 59.7 Å². The minimum atomic E-state index is -0.629. The maximum absolute atomic E-state index is 12.2. The zero-order chi connectivity index (χ0) is 18.9. The Morgan fingerprint density at radius 2 is 1.77 bits per heavy atom. The molecule has 1 N–H and O–H groups in total. The molecule has 6 nitrogen and oxygen atoms in total. The Balaban J connectivity index is 1.84. The highest BCUT2D eigenvalue weighted by Crippen LogP contribution is 2.25. The van der Waals surface area contributed by atoms with Crippen molar-refractivity contribution in [2.45, 2.75) is 12.8 Å². The quantitative estimate of drug-likeness (QED) is 0.736. The third-order valence-corrected chi connectivity index (χ3v) is 3.94. The van der Waals surface area contributed by atoms with E-state index in [0.29, 0.717) is 18.0 Å². The van der Waals surface area contributed by atoms with Crippen molar-refractivity contribution < 1.29 is 23.8 Å². The molecule has 0 fully saturated rings. The Morgan fingerprint density at radius 1 is 1.04 bits per heavy atom. The summed E-state index contributed by atoms with van der Waals surface area (Å²) in [4.78, 5) is 24.1. The van der Waals surface area contributed by atoms with E-state index in [2.05, 4.69) is 5.32 Å². The van der Waals surface area contributed by atoms with E-state index in [1.165, 1.54) is 20.3 Å². The number of amides is 1. The lowest BCUT2D eigenvalue weighted by molar-refractivity contribution is -0.124. The van der Waals surface area contributed by atoms with E-state index in [4.69, 9.17) is 14.2 Å². The summed E-state index contributed by atoms with van der Waals surface area (Å²) < 4.78 is 15.3. The number of carbonyl (C=O) groups is 2. The van der Waals surface area contributed by atoms with E-state index in [0.717, 1.165) is 5.56 Å². The number of methoxy groups -OCH3 is 2. The second kappa shape index (κ2) is 9.46. The first-order valence-electron chi connectivity index (χ1n) is 8.26.